The predicted octanol–water partition coefficient (Wildman–Crippen LogP) is 1.99. The molecule has 3 rings (SSSR count). The summed E-state index contributed by atoms with van der Waals surface area (Å²) in [5.41, 5.74) is 3.46. The van der Waals surface area contributed by atoms with Gasteiger partial charge in [-0.05, 0) is 42.2 Å². The van der Waals surface area contributed by atoms with E-state index in [1.165, 1.54) is 11.1 Å². The molecule has 1 amide bonds. The zero-order valence-electron chi connectivity index (χ0n) is 15.9. The van der Waals surface area contributed by atoms with Gasteiger partial charge in [-0.25, -0.2) is 0 Å². The lowest BCUT2D eigenvalue weighted by Gasteiger charge is -2.18. The fourth-order valence-electron chi connectivity index (χ4n) is 3.19. The van der Waals surface area contributed by atoms with E-state index in [-0.39, 0.29) is 12.5 Å². The summed E-state index contributed by atoms with van der Waals surface area (Å²) in [5, 5.41) is 6.36. The summed E-state index contributed by atoms with van der Waals surface area (Å²) in [6.07, 6.45) is 1.77. The number of nitrogens with one attached hydrogen (secondary N) is 2. The van der Waals surface area contributed by atoms with Gasteiger partial charge in [-0.1, -0.05) is 30.3 Å². The van der Waals surface area contributed by atoms with E-state index in [0.717, 1.165) is 37.4 Å². The van der Waals surface area contributed by atoms with Crippen LogP contribution in [0.2, 0.25) is 0 Å². The highest BCUT2D eigenvalue weighted by Crippen LogP contribution is 2.27. The van der Waals surface area contributed by atoms with Crippen LogP contribution >= 0.6 is 0 Å². The van der Waals surface area contributed by atoms with Gasteiger partial charge in [0.15, 0.2) is 5.96 Å². The molecule has 0 aromatic heterocycles. The zero-order chi connectivity index (χ0) is 19.1. The van der Waals surface area contributed by atoms with Crippen molar-refractivity contribution in [2.75, 3.05) is 38.7 Å². The average molecular weight is 366 g/mol. The van der Waals surface area contributed by atoms with Gasteiger partial charge in [0.1, 0.15) is 5.75 Å². The van der Waals surface area contributed by atoms with Crippen molar-refractivity contribution in [2.24, 2.45) is 4.99 Å². The molecule has 1 aliphatic rings. The smallest absolute Gasteiger partial charge is 0.246 e. The van der Waals surface area contributed by atoms with E-state index in [2.05, 4.69) is 21.7 Å². The summed E-state index contributed by atoms with van der Waals surface area (Å²) in [6, 6.07) is 16.1. The Morgan fingerprint density at radius 1 is 1.15 bits per heavy atom. The van der Waals surface area contributed by atoms with Gasteiger partial charge in [0.2, 0.25) is 5.91 Å². The minimum atomic E-state index is 0.0538. The number of rotatable bonds is 6. The van der Waals surface area contributed by atoms with Crippen LogP contribution in [0.5, 0.6) is 5.75 Å². The third kappa shape index (κ3) is 4.78. The van der Waals surface area contributed by atoms with Crippen molar-refractivity contribution < 1.29 is 9.53 Å². The summed E-state index contributed by atoms with van der Waals surface area (Å²) < 4.78 is 5.17. The summed E-state index contributed by atoms with van der Waals surface area (Å²) in [5.74, 6) is 1.54. The molecule has 1 heterocycles. The Bertz CT molecular complexity index is 802. The first-order valence-electron chi connectivity index (χ1n) is 9.17. The Kier molecular flexibility index (Phi) is 6.30. The molecule has 0 aliphatic carbocycles. The summed E-state index contributed by atoms with van der Waals surface area (Å²) in [4.78, 5) is 18.6. The van der Waals surface area contributed by atoms with E-state index < -0.39 is 0 Å². The number of carbonyl (C=O) groups is 1. The van der Waals surface area contributed by atoms with Gasteiger partial charge >= 0.3 is 0 Å². The molecular formula is C21H26N4O2. The van der Waals surface area contributed by atoms with Crippen LogP contribution in [0.25, 0.3) is 0 Å². The van der Waals surface area contributed by atoms with Crippen molar-refractivity contribution in [3.8, 4) is 5.75 Å². The molecule has 2 aromatic rings. The molecule has 6 nitrogen and oxygen atoms in total. The van der Waals surface area contributed by atoms with E-state index >= 15 is 0 Å². The number of fused-ring (bicyclic) bond motifs is 1. The highest BCUT2D eigenvalue weighted by Gasteiger charge is 2.23. The molecule has 2 aromatic carbocycles. The topological polar surface area (TPSA) is 66.0 Å². The second-order valence-corrected chi connectivity index (χ2v) is 6.37. The monoisotopic (exact) mass is 366 g/mol. The average Bonchev–Trinajstić information content (AvgIpc) is 3.15. The Labute approximate surface area is 160 Å². The summed E-state index contributed by atoms with van der Waals surface area (Å²) in [7, 11) is 3.37. The normalized spacial score (nSPS) is 13.3. The number of amides is 1. The van der Waals surface area contributed by atoms with E-state index in [0.29, 0.717) is 5.96 Å². The predicted molar refractivity (Wildman–Crippen MR) is 109 cm³/mol. The lowest BCUT2D eigenvalue weighted by atomic mass is 10.1. The minimum absolute atomic E-state index is 0.0538. The number of hydrogen-bond acceptors (Lipinski definition) is 3. The molecule has 0 radical (unpaired) electrons. The Hall–Kier alpha value is -3.02. The molecular weight excluding hydrogens is 340 g/mol. The van der Waals surface area contributed by atoms with Crippen molar-refractivity contribution in [1.82, 2.24) is 10.6 Å². The maximum Gasteiger partial charge on any atom is 0.246 e. The maximum atomic E-state index is 12.6. The van der Waals surface area contributed by atoms with Gasteiger partial charge in [-0.2, -0.15) is 0 Å². The van der Waals surface area contributed by atoms with Crippen molar-refractivity contribution in [3.05, 3.63) is 59.7 Å². The molecule has 27 heavy (non-hydrogen) atoms. The zero-order valence-corrected chi connectivity index (χ0v) is 15.9. The van der Waals surface area contributed by atoms with Gasteiger partial charge in [-0.3, -0.25) is 9.79 Å². The number of para-hydroxylation sites is 1. The number of methoxy groups -OCH3 is 1. The first-order chi connectivity index (χ1) is 13.2. The molecule has 0 saturated heterocycles. The van der Waals surface area contributed by atoms with Gasteiger partial charge in [0, 0.05) is 25.8 Å². The standard InChI is InChI=1S/C21H26N4O2/c1-22-21(23-13-11-16-7-9-18(27-2)10-8-16)24-15-20(26)25-14-12-17-5-3-4-6-19(17)25/h3-10H,11-15H2,1-2H3,(H2,22,23,24). The van der Waals surface area contributed by atoms with E-state index in [9.17, 15) is 4.79 Å². The van der Waals surface area contributed by atoms with Crippen LogP contribution in [0.3, 0.4) is 0 Å². The maximum absolute atomic E-state index is 12.6. The number of nitrogens with zero attached hydrogens (tertiary/aromatic N) is 2. The largest absolute Gasteiger partial charge is 0.497 e. The van der Waals surface area contributed by atoms with Crippen LogP contribution in [0.15, 0.2) is 53.5 Å². The lowest BCUT2D eigenvalue weighted by molar-refractivity contribution is -0.117. The van der Waals surface area contributed by atoms with Gasteiger partial charge in [-0.15, -0.1) is 0 Å². The Morgan fingerprint density at radius 2 is 1.93 bits per heavy atom. The van der Waals surface area contributed by atoms with Gasteiger partial charge in [0.25, 0.3) is 0 Å². The number of anilines is 1. The summed E-state index contributed by atoms with van der Waals surface area (Å²) in [6.45, 7) is 1.69. The van der Waals surface area contributed by atoms with Crippen LogP contribution in [-0.2, 0) is 17.6 Å². The first kappa shape index (κ1) is 18.8. The Morgan fingerprint density at radius 3 is 2.67 bits per heavy atom. The van der Waals surface area contributed by atoms with Crippen LogP contribution < -0.4 is 20.3 Å². The second kappa shape index (κ2) is 9.07. The summed E-state index contributed by atoms with van der Waals surface area (Å²) >= 11 is 0. The van der Waals surface area contributed by atoms with E-state index in [1.54, 1.807) is 14.2 Å². The number of hydrogen-bond donors (Lipinski definition) is 2. The van der Waals surface area contributed by atoms with Crippen molar-refractivity contribution >= 4 is 17.6 Å². The molecule has 0 fully saturated rings. The van der Waals surface area contributed by atoms with Gasteiger partial charge in [0.05, 0.1) is 13.7 Å². The fraction of sp³-hybridized carbons (Fsp3) is 0.333. The second-order valence-electron chi connectivity index (χ2n) is 6.37. The highest BCUT2D eigenvalue weighted by atomic mass is 16.5. The molecule has 0 bridgehead atoms. The molecule has 1 aliphatic heterocycles. The molecule has 0 saturated carbocycles. The number of aliphatic imine (C=N–C) groups is 1. The van der Waals surface area contributed by atoms with Crippen molar-refractivity contribution in [2.45, 2.75) is 12.8 Å². The van der Waals surface area contributed by atoms with Crippen LogP contribution in [0.4, 0.5) is 5.69 Å². The molecule has 142 valence electrons. The number of carbonyl (C=O) groups excluding carboxylic acids is 1. The number of benzene rings is 2. The molecule has 2 N–H and O–H groups in total. The fourth-order valence-corrected chi connectivity index (χ4v) is 3.19. The Balaban J connectivity index is 1.44. The van der Waals surface area contributed by atoms with Crippen molar-refractivity contribution in [1.29, 1.82) is 0 Å². The number of ether oxygens (including phenoxy) is 1. The number of guanidine groups is 1. The van der Waals surface area contributed by atoms with Crippen LogP contribution in [-0.4, -0.2) is 45.7 Å². The minimum Gasteiger partial charge on any atom is -0.497 e. The van der Waals surface area contributed by atoms with E-state index in [4.69, 9.17) is 4.74 Å². The van der Waals surface area contributed by atoms with Gasteiger partial charge < -0.3 is 20.3 Å². The third-order valence-corrected chi connectivity index (χ3v) is 4.68. The molecule has 0 unspecified atom stereocenters. The lowest BCUT2D eigenvalue weighted by Crippen LogP contribution is -2.44. The van der Waals surface area contributed by atoms with Crippen LogP contribution in [0, 0.1) is 0 Å². The SMILES string of the molecule is CN=C(NCCc1ccc(OC)cc1)NCC(=O)N1CCc2ccccc21. The highest BCUT2D eigenvalue weighted by molar-refractivity contribution is 5.98. The first-order valence-corrected chi connectivity index (χ1v) is 9.17. The van der Waals surface area contributed by atoms with Crippen molar-refractivity contribution in [3.63, 3.8) is 0 Å². The van der Waals surface area contributed by atoms with E-state index in [1.807, 2.05) is 47.4 Å². The molecule has 0 spiro atoms. The molecule has 0 atom stereocenters. The quantitative estimate of drug-likeness (QED) is 0.606. The van der Waals surface area contributed by atoms with Crippen LogP contribution in [0.1, 0.15) is 11.1 Å². The molecule has 6 heteroatoms. The third-order valence-electron chi connectivity index (χ3n) is 4.68.